The second-order valence-electron chi connectivity index (χ2n) is 5.86. The zero-order chi connectivity index (χ0) is 14.8. The molecule has 2 N–H and O–H groups in total. The summed E-state index contributed by atoms with van der Waals surface area (Å²) in [6.45, 7) is 2.46. The molecule has 20 heavy (non-hydrogen) atoms. The first-order valence-corrected chi connectivity index (χ1v) is 8.94. The molecule has 0 aromatic rings. The molecule has 6 nitrogen and oxygen atoms in total. The Bertz CT molecular complexity index is 445. The molecule has 2 rings (SSSR count). The lowest BCUT2D eigenvalue weighted by molar-refractivity contribution is -0.130. The standard InChI is InChI=1S/C13H24N2O4S/c1-2-20(18,19)15-8-4-11(5-9-15)12(17)14-13(10-16)6-3-7-13/h11,16H,2-10H2,1H3,(H,14,17). The number of hydrogen-bond acceptors (Lipinski definition) is 4. The zero-order valence-corrected chi connectivity index (χ0v) is 12.8. The van der Waals surface area contributed by atoms with Gasteiger partial charge in [0.25, 0.3) is 0 Å². The molecule has 1 aliphatic carbocycles. The number of sulfonamides is 1. The van der Waals surface area contributed by atoms with Crippen molar-refractivity contribution in [3.05, 3.63) is 0 Å². The second-order valence-corrected chi connectivity index (χ2v) is 8.11. The molecule has 1 saturated carbocycles. The number of amides is 1. The first-order chi connectivity index (χ1) is 9.42. The number of aliphatic hydroxyl groups excluding tert-OH is 1. The fourth-order valence-electron chi connectivity index (χ4n) is 2.87. The minimum absolute atomic E-state index is 0.0121. The molecule has 1 aliphatic heterocycles. The molecule has 0 aromatic heterocycles. The smallest absolute Gasteiger partial charge is 0.223 e. The van der Waals surface area contributed by atoms with Crippen molar-refractivity contribution in [1.82, 2.24) is 9.62 Å². The lowest BCUT2D eigenvalue weighted by Crippen LogP contribution is -2.58. The van der Waals surface area contributed by atoms with E-state index in [4.69, 9.17) is 0 Å². The number of nitrogens with zero attached hydrogens (tertiary/aromatic N) is 1. The molecule has 0 bridgehead atoms. The molecule has 1 heterocycles. The van der Waals surface area contributed by atoms with Crippen LogP contribution in [0.4, 0.5) is 0 Å². The Morgan fingerprint density at radius 2 is 1.95 bits per heavy atom. The van der Waals surface area contributed by atoms with Crippen LogP contribution in [0.5, 0.6) is 0 Å². The summed E-state index contributed by atoms with van der Waals surface area (Å²) in [5, 5.41) is 12.3. The minimum atomic E-state index is -3.14. The number of piperidine rings is 1. The summed E-state index contributed by atoms with van der Waals surface area (Å²) < 4.78 is 25.0. The number of rotatable bonds is 5. The van der Waals surface area contributed by atoms with Crippen LogP contribution < -0.4 is 5.32 Å². The second kappa shape index (κ2) is 5.99. The van der Waals surface area contributed by atoms with E-state index >= 15 is 0 Å². The third-order valence-corrected chi connectivity index (χ3v) is 6.47. The molecular formula is C13H24N2O4S. The topological polar surface area (TPSA) is 86.7 Å². The van der Waals surface area contributed by atoms with E-state index in [1.165, 1.54) is 4.31 Å². The summed E-state index contributed by atoms with van der Waals surface area (Å²) in [6, 6.07) is 0. The number of aliphatic hydroxyl groups is 1. The fraction of sp³-hybridized carbons (Fsp3) is 0.923. The van der Waals surface area contributed by atoms with Gasteiger partial charge in [-0.3, -0.25) is 4.79 Å². The highest BCUT2D eigenvalue weighted by Crippen LogP contribution is 2.32. The van der Waals surface area contributed by atoms with Crippen LogP contribution in [-0.2, 0) is 14.8 Å². The maximum Gasteiger partial charge on any atom is 0.223 e. The Labute approximate surface area is 120 Å². The maximum atomic E-state index is 12.2. The molecule has 1 saturated heterocycles. The van der Waals surface area contributed by atoms with E-state index in [1.807, 2.05) is 0 Å². The quantitative estimate of drug-likeness (QED) is 0.753. The van der Waals surface area contributed by atoms with Gasteiger partial charge in [-0.2, -0.15) is 0 Å². The van der Waals surface area contributed by atoms with Crippen molar-refractivity contribution in [1.29, 1.82) is 0 Å². The highest BCUT2D eigenvalue weighted by molar-refractivity contribution is 7.89. The van der Waals surface area contributed by atoms with E-state index in [2.05, 4.69) is 5.32 Å². The highest BCUT2D eigenvalue weighted by atomic mass is 32.2. The molecule has 0 radical (unpaired) electrons. The Morgan fingerprint density at radius 1 is 1.35 bits per heavy atom. The van der Waals surface area contributed by atoms with Crippen molar-refractivity contribution in [3.8, 4) is 0 Å². The molecular weight excluding hydrogens is 280 g/mol. The van der Waals surface area contributed by atoms with Crippen LogP contribution in [0.15, 0.2) is 0 Å². The molecule has 2 aliphatic rings. The van der Waals surface area contributed by atoms with Crippen LogP contribution in [0.2, 0.25) is 0 Å². The number of hydrogen-bond donors (Lipinski definition) is 2. The van der Waals surface area contributed by atoms with Gasteiger partial charge < -0.3 is 10.4 Å². The van der Waals surface area contributed by atoms with Crippen LogP contribution in [0.1, 0.15) is 39.0 Å². The Balaban J connectivity index is 1.86. The lowest BCUT2D eigenvalue weighted by atomic mass is 9.77. The van der Waals surface area contributed by atoms with E-state index in [0.717, 1.165) is 19.3 Å². The van der Waals surface area contributed by atoms with Gasteiger partial charge >= 0.3 is 0 Å². The van der Waals surface area contributed by atoms with Crippen molar-refractivity contribution in [2.24, 2.45) is 5.92 Å². The van der Waals surface area contributed by atoms with Gasteiger partial charge in [-0.15, -0.1) is 0 Å². The molecule has 7 heteroatoms. The average Bonchev–Trinajstić information content (AvgIpc) is 2.42. The first kappa shape index (κ1) is 15.7. The lowest BCUT2D eigenvalue weighted by Gasteiger charge is -2.42. The van der Waals surface area contributed by atoms with E-state index in [1.54, 1.807) is 6.92 Å². The normalized spacial score (nSPS) is 24.1. The zero-order valence-electron chi connectivity index (χ0n) is 12.0. The Morgan fingerprint density at radius 3 is 2.35 bits per heavy atom. The van der Waals surface area contributed by atoms with Crippen LogP contribution in [0.3, 0.4) is 0 Å². The van der Waals surface area contributed by atoms with Gasteiger partial charge in [-0.05, 0) is 39.0 Å². The van der Waals surface area contributed by atoms with Crippen LogP contribution in [0.25, 0.3) is 0 Å². The van der Waals surface area contributed by atoms with E-state index in [-0.39, 0.29) is 24.2 Å². The largest absolute Gasteiger partial charge is 0.394 e. The number of nitrogens with one attached hydrogen (secondary N) is 1. The summed E-state index contributed by atoms with van der Waals surface area (Å²) in [5.74, 6) is -0.0630. The van der Waals surface area contributed by atoms with Crippen LogP contribution in [0, 0.1) is 5.92 Å². The van der Waals surface area contributed by atoms with Gasteiger partial charge in [0.2, 0.25) is 15.9 Å². The van der Waals surface area contributed by atoms with Crippen LogP contribution in [-0.4, -0.2) is 54.7 Å². The van der Waals surface area contributed by atoms with E-state index < -0.39 is 15.6 Å². The van der Waals surface area contributed by atoms with Crippen molar-refractivity contribution in [2.45, 2.75) is 44.6 Å². The third kappa shape index (κ3) is 3.15. The predicted octanol–water partition coefficient (Wildman–Crippen LogP) is 0.0793. The minimum Gasteiger partial charge on any atom is -0.394 e. The monoisotopic (exact) mass is 304 g/mol. The van der Waals surface area contributed by atoms with Crippen molar-refractivity contribution < 1.29 is 18.3 Å². The van der Waals surface area contributed by atoms with Crippen LogP contribution >= 0.6 is 0 Å². The van der Waals surface area contributed by atoms with Gasteiger partial charge in [-0.1, -0.05) is 0 Å². The molecule has 116 valence electrons. The van der Waals surface area contributed by atoms with Gasteiger partial charge in [0.15, 0.2) is 0 Å². The van der Waals surface area contributed by atoms with Gasteiger partial charge in [0.05, 0.1) is 17.9 Å². The van der Waals surface area contributed by atoms with E-state index in [9.17, 15) is 18.3 Å². The molecule has 2 fully saturated rings. The average molecular weight is 304 g/mol. The number of carbonyl (C=O) groups is 1. The molecule has 0 spiro atoms. The Hall–Kier alpha value is -0.660. The van der Waals surface area contributed by atoms with E-state index in [0.29, 0.717) is 25.9 Å². The summed E-state index contributed by atoms with van der Waals surface area (Å²) in [5.41, 5.74) is -0.413. The van der Waals surface area contributed by atoms with Gasteiger partial charge in [-0.25, -0.2) is 12.7 Å². The highest BCUT2D eigenvalue weighted by Gasteiger charge is 2.40. The summed E-state index contributed by atoms with van der Waals surface area (Å²) in [4.78, 5) is 12.2. The summed E-state index contributed by atoms with van der Waals surface area (Å²) in [6.07, 6.45) is 3.82. The Kier molecular flexibility index (Phi) is 4.71. The van der Waals surface area contributed by atoms with Crippen molar-refractivity contribution in [2.75, 3.05) is 25.4 Å². The molecule has 0 aromatic carbocycles. The van der Waals surface area contributed by atoms with Gasteiger partial charge in [0.1, 0.15) is 0 Å². The van der Waals surface area contributed by atoms with Gasteiger partial charge in [0, 0.05) is 19.0 Å². The summed E-state index contributed by atoms with van der Waals surface area (Å²) in [7, 11) is -3.14. The SMILES string of the molecule is CCS(=O)(=O)N1CCC(C(=O)NC2(CO)CCC2)CC1. The fourth-order valence-corrected chi connectivity index (χ4v) is 4.00. The summed E-state index contributed by atoms with van der Waals surface area (Å²) >= 11 is 0. The molecule has 0 atom stereocenters. The first-order valence-electron chi connectivity index (χ1n) is 7.33. The van der Waals surface area contributed by atoms with Crippen molar-refractivity contribution in [3.63, 3.8) is 0 Å². The maximum absolute atomic E-state index is 12.2. The van der Waals surface area contributed by atoms with Crippen molar-refractivity contribution >= 4 is 15.9 Å². The molecule has 1 amide bonds. The third-order valence-electron chi connectivity index (χ3n) is 4.58. The predicted molar refractivity (Wildman–Crippen MR) is 75.6 cm³/mol. The molecule has 0 unspecified atom stereocenters. The number of carbonyl (C=O) groups excluding carboxylic acids is 1.